The zero-order valence-electron chi connectivity index (χ0n) is 10.7. The van der Waals surface area contributed by atoms with E-state index in [0.717, 1.165) is 4.47 Å². The summed E-state index contributed by atoms with van der Waals surface area (Å²) in [7, 11) is 3.30. The van der Waals surface area contributed by atoms with Gasteiger partial charge in [-0.25, -0.2) is 0 Å². The normalized spacial score (nSPS) is 14.9. The number of halogens is 1. The van der Waals surface area contributed by atoms with E-state index in [0.29, 0.717) is 0 Å². The summed E-state index contributed by atoms with van der Waals surface area (Å²) in [4.78, 5) is 0. The molecule has 0 aromatic heterocycles. The lowest BCUT2D eigenvalue weighted by Crippen LogP contribution is -2.40. The minimum Gasteiger partial charge on any atom is -0.354 e. The van der Waals surface area contributed by atoms with Gasteiger partial charge in [-0.15, -0.1) is 0 Å². The first-order valence-electron chi connectivity index (χ1n) is 5.65. The van der Waals surface area contributed by atoms with Crippen LogP contribution in [0.3, 0.4) is 0 Å². The van der Waals surface area contributed by atoms with Gasteiger partial charge in [0.2, 0.25) is 0 Å². The number of benzene rings is 1. The van der Waals surface area contributed by atoms with Gasteiger partial charge in [-0.05, 0) is 31.5 Å². The molecule has 0 saturated heterocycles. The van der Waals surface area contributed by atoms with Gasteiger partial charge in [0.15, 0.2) is 6.29 Å². The van der Waals surface area contributed by atoms with Crippen LogP contribution in [0.25, 0.3) is 0 Å². The van der Waals surface area contributed by atoms with Gasteiger partial charge in [-0.3, -0.25) is 0 Å². The topological polar surface area (TPSA) is 30.5 Å². The van der Waals surface area contributed by atoms with E-state index in [1.807, 2.05) is 19.1 Å². The molecule has 0 heterocycles. The lowest BCUT2D eigenvalue weighted by Gasteiger charge is -2.26. The highest BCUT2D eigenvalue weighted by molar-refractivity contribution is 9.10. The van der Waals surface area contributed by atoms with E-state index in [-0.39, 0.29) is 18.4 Å². The van der Waals surface area contributed by atoms with Crippen molar-refractivity contribution in [2.45, 2.75) is 32.2 Å². The highest BCUT2D eigenvalue weighted by Crippen LogP contribution is 2.18. The third-order valence-corrected chi connectivity index (χ3v) is 3.23. The van der Waals surface area contributed by atoms with Crippen molar-refractivity contribution in [3.63, 3.8) is 0 Å². The first kappa shape index (κ1) is 14.6. The molecule has 2 atom stereocenters. The smallest absolute Gasteiger partial charge is 0.171 e. The number of methoxy groups -OCH3 is 2. The fourth-order valence-electron chi connectivity index (χ4n) is 1.85. The zero-order valence-corrected chi connectivity index (χ0v) is 12.3. The van der Waals surface area contributed by atoms with Gasteiger partial charge in [0, 0.05) is 24.7 Å². The maximum absolute atomic E-state index is 5.23. The summed E-state index contributed by atoms with van der Waals surface area (Å²) in [5.74, 6) is 0. The molecule has 4 heteroatoms. The van der Waals surface area contributed by atoms with Crippen molar-refractivity contribution in [3.05, 3.63) is 34.3 Å². The number of ether oxygens (including phenoxy) is 2. The maximum atomic E-state index is 5.23. The van der Waals surface area contributed by atoms with E-state index in [4.69, 9.17) is 9.47 Å². The number of rotatable bonds is 6. The van der Waals surface area contributed by atoms with Crippen LogP contribution in [0.5, 0.6) is 0 Å². The van der Waals surface area contributed by atoms with E-state index >= 15 is 0 Å². The van der Waals surface area contributed by atoms with Crippen molar-refractivity contribution in [1.82, 2.24) is 5.32 Å². The zero-order chi connectivity index (χ0) is 12.8. The Morgan fingerprint density at radius 3 is 2.35 bits per heavy atom. The molecule has 96 valence electrons. The molecule has 0 aliphatic rings. The van der Waals surface area contributed by atoms with Crippen LogP contribution in [-0.4, -0.2) is 26.6 Å². The van der Waals surface area contributed by atoms with Crippen LogP contribution in [-0.2, 0) is 9.47 Å². The minimum absolute atomic E-state index is 0.124. The molecule has 1 rings (SSSR count). The molecule has 1 aromatic carbocycles. The van der Waals surface area contributed by atoms with Gasteiger partial charge in [0.25, 0.3) is 0 Å². The van der Waals surface area contributed by atoms with E-state index in [9.17, 15) is 0 Å². The van der Waals surface area contributed by atoms with Gasteiger partial charge < -0.3 is 14.8 Å². The van der Waals surface area contributed by atoms with Crippen molar-refractivity contribution in [2.24, 2.45) is 0 Å². The standard InChI is InChI=1S/C13H20BrNO2/c1-9(11-6-5-7-12(14)8-11)15-10(2)13(16-3)17-4/h5-10,13,15H,1-4H3/t9-,10?/m0/s1. The van der Waals surface area contributed by atoms with Crippen LogP contribution < -0.4 is 5.32 Å². The molecular formula is C13H20BrNO2. The summed E-state index contributed by atoms with van der Waals surface area (Å²) >= 11 is 3.48. The predicted octanol–water partition coefficient (Wildman–Crippen LogP) is 3.11. The Morgan fingerprint density at radius 2 is 1.82 bits per heavy atom. The van der Waals surface area contributed by atoms with Gasteiger partial charge >= 0.3 is 0 Å². The largest absolute Gasteiger partial charge is 0.354 e. The van der Waals surface area contributed by atoms with Gasteiger partial charge in [-0.2, -0.15) is 0 Å². The number of nitrogens with one attached hydrogen (secondary N) is 1. The molecular weight excluding hydrogens is 282 g/mol. The molecule has 0 aliphatic carbocycles. The Morgan fingerprint density at radius 1 is 1.18 bits per heavy atom. The molecule has 0 fully saturated rings. The first-order valence-corrected chi connectivity index (χ1v) is 6.45. The molecule has 0 aliphatic heterocycles. The van der Waals surface area contributed by atoms with Gasteiger partial charge in [0.1, 0.15) is 0 Å². The summed E-state index contributed by atoms with van der Waals surface area (Å²) in [5, 5.41) is 3.45. The van der Waals surface area contributed by atoms with Crippen molar-refractivity contribution >= 4 is 15.9 Å². The quantitative estimate of drug-likeness (QED) is 0.819. The molecule has 17 heavy (non-hydrogen) atoms. The maximum Gasteiger partial charge on any atom is 0.171 e. The van der Waals surface area contributed by atoms with E-state index in [1.165, 1.54) is 5.56 Å². The lowest BCUT2D eigenvalue weighted by atomic mass is 10.1. The Hall–Kier alpha value is -0.420. The highest BCUT2D eigenvalue weighted by Gasteiger charge is 2.18. The van der Waals surface area contributed by atoms with Gasteiger partial charge in [0.05, 0.1) is 6.04 Å². The van der Waals surface area contributed by atoms with Crippen molar-refractivity contribution in [1.29, 1.82) is 0 Å². The summed E-state index contributed by atoms with van der Waals surface area (Å²) in [6, 6.07) is 8.64. The van der Waals surface area contributed by atoms with Crippen molar-refractivity contribution < 1.29 is 9.47 Å². The number of hydrogen-bond donors (Lipinski definition) is 1. The second kappa shape index (κ2) is 7.11. The monoisotopic (exact) mass is 301 g/mol. The molecule has 1 unspecified atom stereocenters. The predicted molar refractivity (Wildman–Crippen MR) is 73.0 cm³/mol. The third kappa shape index (κ3) is 4.39. The van der Waals surface area contributed by atoms with E-state index < -0.39 is 0 Å². The molecule has 0 amide bonds. The second-order valence-corrected chi connectivity index (χ2v) is 4.99. The second-order valence-electron chi connectivity index (χ2n) is 4.07. The molecule has 0 radical (unpaired) electrons. The fourth-order valence-corrected chi connectivity index (χ4v) is 2.27. The minimum atomic E-state index is -0.232. The van der Waals surface area contributed by atoms with Crippen LogP contribution in [0.4, 0.5) is 0 Å². The molecule has 0 bridgehead atoms. The molecule has 0 saturated carbocycles. The van der Waals surface area contributed by atoms with Crippen LogP contribution in [0, 0.1) is 0 Å². The first-order chi connectivity index (χ1) is 8.08. The average molecular weight is 302 g/mol. The summed E-state index contributed by atoms with van der Waals surface area (Å²) in [6.07, 6.45) is -0.232. The van der Waals surface area contributed by atoms with Crippen LogP contribution in [0.2, 0.25) is 0 Å². The van der Waals surface area contributed by atoms with Crippen LogP contribution in [0.1, 0.15) is 25.5 Å². The average Bonchev–Trinajstić information content (AvgIpc) is 2.30. The summed E-state index contributed by atoms with van der Waals surface area (Å²) in [5.41, 5.74) is 1.23. The van der Waals surface area contributed by atoms with Gasteiger partial charge in [-0.1, -0.05) is 28.1 Å². The highest BCUT2D eigenvalue weighted by atomic mass is 79.9. The Kier molecular flexibility index (Phi) is 6.12. The third-order valence-electron chi connectivity index (χ3n) is 2.73. The van der Waals surface area contributed by atoms with E-state index in [2.05, 4.69) is 40.3 Å². The molecule has 1 N–H and O–H groups in total. The summed E-state index contributed by atoms with van der Waals surface area (Å²) < 4.78 is 11.5. The van der Waals surface area contributed by atoms with Crippen LogP contribution >= 0.6 is 15.9 Å². The Balaban J connectivity index is 2.62. The lowest BCUT2D eigenvalue weighted by molar-refractivity contribution is -0.120. The fraction of sp³-hybridized carbons (Fsp3) is 0.538. The SMILES string of the molecule is COC(OC)C(C)N[C@@H](C)c1cccc(Br)c1. The molecule has 1 aromatic rings. The Bertz CT molecular complexity index is 342. The number of hydrogen-bond acceptors (Lipinski definition) is 3. The van der Waals surface area contributed by atoms with Crippen molar-refractivity contribution in [3.8, 4) is 0 Å². The molecule has 3 nitrogen and oxygen atoms in total. The van der Waals surface area contributed by atoms with Crippen molar-refractivity contribution in [2.75, 3.05) is 14.2 Å². The molecule has 0 spiro atoms. The summed E-state index contributed by atoms with van der Waals surface area (Å²) in [6.45, 7) is 4.17. The van der Waals surface area contributed by atoms with Crippen LogP contribution in [0.15, 0.2) is 28.7 Å². The van der Waals surface area contributed by atoms with E-state index in [1.54, 1.807) is 14.2 Å². The Labute approximate surface area is 112 Å².